The van der Waals surface area contributed by atoms with Crippen LogP contribution in [0.1, 0.15) is 19.8 Å². The maximum atomic E-state index is 5.93. The highest BCUT2D eigenvalue weighted by molar-refractivity contribution is 14.0. The molecule has 8 heteroatoms. The van der Waals surface area contributed by atoms with Gasteiger partial charge in [0.15, 0.2) is 17.5 Å². The summed E-state index contributed by atoms with van der Waals surface area (Å²) in [5.41, 5.74) is 0. The standard InChI is InChI=1S/C19H31N3O4.HI/c1-15(26-18-8-5-4-7-17(18)23-3)13-22-19(20-2)21-10-6-11-25-16-9-12-24-14-16;/h4-5,7-8,15-16H,6,9-14H2,1-3H3,(H2,20,21,22);1H. The molecule has 1 heterocycles. The lowest BCUT2D eigenvalue weighted by molar-refractivity contribution is 0.0420. The van der Waals surface area contributed by atoms with Gasteiger partial charge in [0, 0.05) is 26.8 Å². The topological polar surface area (TPSA) is 73.3 Å². The molecule has 0 aromatic heterocycles. The average molecular weight is 493 g/mol. The number of halogens is 1. The minimum Gasteiger partial charge on any atom is -0.493 e. The summed E-state index contributed by atoms with van der Waals surface area (Å²) in [5, 5.41) is 6.56. The molecule has 27 heavy (non-hydrogen) atoms. The molecule has 2 N–H and O–H groups in total. The van der Waals surface area contributed by atoms with E-state index in [2.05, 4.69) is 15.6 Å². The van der Waals surface area contributed by atoms with Gasteiger partial charge in [-0.1, -0.05) is 12.1 Å². The highest BCUT2D eigenvalue weighted by Gasteiger charge is 2.15. The number of ether oxygens (including phenoxy) is 4. The van der Waals surface area contributed by atoms with Crippen molar-refractivity contribution in [1.82, 2.24) is 10.6 Å². The second-order valence-electron chi connectivity index (χ2n) is 6.17. The van der Waals surface area contributed by atoms with Crippen LogP contribution in [0.5, 0.6) is 11.5 Å². The van der Waals surface area contributed by atoms with Crippen LogP contribution >= 0.6 is 24.0 Å². The van der Waals surface area contributed by atoms with E-state index in [0.717, 1.165) is 56.7 Å². The van der Waals surface area contributed by atoms with E-state index in [1.165, 1.54) is 0 Å². The van der Waals surface area contributed by atoms with Crippen molar-refractivity contribution in [2.45, 2.75) is 32.0 Å². The lowest BCUT2D eigenvalue weighted by Gasteiger charge is -2.19. The molecular weight excluding hydrogens is 461 g/mol. The molecule has 1 aromatic carbocycles. The first-order valence-electron chi connectivity index (χ1n) is 9.16. The number of para-hydroxylation sites is 2. The summed E-state index contributed by atoms with van der Waals surface area (Å²) >= 11 is 0. The normalized spacial score (nSPS) is 17.7. The van der Waals surface area contributed by atoms with Gasteiger partial charge in [-0.15, -0.1) is 24.0 Å². The Balaban J connectivity index is 0.00000364. The van der Waals surface area contributed by atoms with Gasteiger partial charge in [0.1, 0.15) is 6.10 Å². The van der Waals surface area contributed by atoms with E-state index in [-0.39, 0.29) is 36.2 Å². The van der Waals surface area contributed by atoms with E-state index in [4.69, 9.17) is 18.9 Å². The zero-order chi connectivity index (χ0) is 18.6. The molecule has 2 unspecified atom stereocenters. The number of rotatable bonds is 10. The van der Waals surface area contributed by atoms with Crippen LogP contribution < -0.4 is 20.1 Å². The largest absolute Gasteiger partial charge is 0.493 e. The van der Waals surface area contributed by atoms with E-state index in [0.29, 0.717) is 6.54 Å². The molecule has 7 nitrogen and oxygen atoms in total. The molecule has 1 saturated heterocycles. The number of benzene rings is 1. The fourth-order valence-corrected chi connectivity index (χ4v) is 2.61. The zero-order valence-electron chi connectivity index (χ0n) is 16.4. The number of methoxy groups -OCH3 is 1. The lowest BCUT2D eigenvalue weighted by Crippen LogP contribution is -2.42. The smallest absolute Gasteiger partial charge is 0.191 e. The van der Waals surface area contributed by atoms with Gasteiger partial charge in [-0.2, -0.15) is 0 Å². The van der Waals surface area contributed by atoms with Crippen molar-refractivity contribution in [3.8, 4) is 11.5 Å². The molecule has 154 valence electrons. The van der Waals surface area contributed by atoms with Gasteiger partial charge < -0.3 is 29.6 Å². The molecular formula is C19H32IN3O4. The molecule has 0 spiro atoms. The van der Waals surface area contributed by atoms with Gasteiger partial charge in [-0.3, -0.25) is 4.99 Å². The summed E-state index contributed by atoms with van der Waals surface area (Å²) in [6, 6.07) is 7.63. The molecule has 1 aliphatic rings. The number of nitrogens with zero attached hydrogens (tertiary/aromatic N) is 1. The van der Waals surface area contributed by atoms with Crippen molar-refractivity contribution in [1.29, 1.82) is 0 Å². The molecule has 0 bridgehead atoms. The third-order valence-corrected chi connectivity index (χ3v) is 4.03. The summed E-state index contributed by atoms with van der Waals surface area (Å²) in [5.74, 6) is 2.22. The average Bonchev–Trinajstić information content (AvgIpc) is 3.18. The lowest BCUT2D eigenvalue weighted by atomic mass is 10.3. The summed E-state index contributed by atoms with van der Waals surface area (Å²) in [6.07, 6.45) is 2.15. The summed E-state index contributed by atoms with van der Waals surface area (Å²) in [6.45, 7) is 5.70. The van der Waals surface area contributed by atoms with Crippen LogP contribution in [0.2, 0.25) is 0 Å². The van der Waals surface area contributed by atoms with Crippen LogP contribution in [-0.4, -0.2) is 65.2 Å². The maximum absolute atomic E-state index is 5.93. The first-order valence-corrected chi connectivity index (χ1v) is 9.16. The van der Waals surface area contributed by atoms with Gasteiger partial charge in [-0.25, -0.2) is 0 Å². The van der Waals surface area contributed by atoms with E-state index < -0.39 is 0 Å². The highest BCUT2D eigenvalue weighted by Crippen LogP contribution is 2.26. The second kappa shape index (κ2) is 13.8. The third kappa shape index (κ3) is 8.98. The molecule has 1 aromatic rings. The van der Waals surface area contributed by atoms with Crippen LogP contribution in [0.4, 0.5) is 0 Å². The van der Waals surface area contributed by atoms with Crippen molar-refractivity contribution in [3.63, 3.8) is 0 Å². The third-order valence-electron chi connectivity index (χ3n) is 4.03. The Labute approximate surface area is 179 Å². The van der Waals surface area contributed by atoms with E-state index in [1.54, 1.807) is 14.2 Å². The Bertz CT molecular complexity index is 554. The van der Waals surface area contributed by atoms with E-state index >= 15 is 0 Å². The Morgan fingerprint density at radius 3 is 2.74 bits per heavy atom. The van der Waals surface area contributed by atoms with Crippen molar-refractivity contribution in [2.24, 2.45) is 4.99 Å². The van der Waals surface area contributed by atoms with Crippen LogP contribution in [0.15, 0.2) is 29.3 Å². The Morgan fingerprint density at radius 2 is 2.07 bits per heavy atom. The van der Waals surface area contributed by atoms with E-state index in [1.807, 2.05) is 31.2 Å². The number of aliphatic imine (C=N–C) groups is 1. The number of guanidine groups is 1. The number of hydrogen-bond acceptors (Lipinski definition) is 5. The van der Waals surface area contributed by atoms with Crippen molar-refractivity contribution < 1.29 is 18.9 Å². The van der Waals surface area contributed by atoms with Gasteiger partial charge in [0.25, 0.3) is 0 Å². The Kier molecular flexibility index (Phi) is 12.2. The Morgan fingerprint density at radius 1 is 1.30 bits per heavy atom. The fraction of sp³-hybridized carbons (Fsp3) is 0.632. The predicted molar refractivity (Wildman–Crippen MR) is 118 cm³/mol. The minimum absolute atomic E-state index is 0. The number of hydrogen-bond donors (Lipinski definition) is 2. The van der Waals surface area contributed by atoms with Crippen LogP contribution in [0.3, 0.4) is 0 Å². The van der Waals surface area contributed by atoms with Crippen molar-refractivity contribution >= 4 is 29.9 Å². The maximum Gasteiger partial charge on any atom is 0.191 e. The quantitative estimate of drug-likeness (QED) is 0.226. The van der Waals surface area contributed by atoms with Gasteiger partial charge in [0.2, 0.25) is 0 Å². The molecule has 1 aliphatic heterocycles. The van der Waals surface area contributed by atoms with E-state index in [9.17, 15) is 0 Å². The molecule has 0 amide bonds. The Hall–Kier alpha value is -1.26. The highest BCUT2D eigenvalue weighted by atomic mass is 127. The molecule has 0 aliphatic carbocycles. The van der Waals surface area contributed by atoms with Crippen molar-refractivity contribution in [2.75, 3.05) is 47.1 Å². The van der Waals surface area contributed by atoms with Crippen LogP contribution in [0, 0.1) is 0 Å². The number of nitrogens with one attached hydrogen (secondary N) is 2. The SMILES string of the molecule is CN=C(NCCCOC1CCOC1)NCC(C)Oc1ccccc1OC.I. The molecule has 0 saturated carbocycles. The second-order valence-corrected chi connectivity index (χ2v) is 6.17. The molecule has 2 atom stereocenters. The fourth-order valence-electron chi connectivity index (χ4n) is 2.61. The van der Waals surface area contributed by atoms with Crippen LogP contribution in [0.25, 0.3) is 0 Å². The monoisotopic (exact) mass is 493 g/mol. The molecule has 1 fully saturated rings. The van der Waals surface area contributed by atoms with Crippen LogP contribution in [-0.2, 0) is 9.47 Å². The molecule has 2 rings (SSSR count). The van der Waals surface area contributed by atoms with Crippen molar-refractivity contribution in [3.05, 3.63) is 24.3 Å². The summed E-state index contributed by atoms with van der Waals surface area (Å²) < 4.78 is 22.3. The van der Waals surface area contributed by atoms with Gasteiger partial charge in [0.05, 0.1) is 26.4 Å². The first-order chi connectivity index (χ1) is 12.7. The predicted octanol–water partition coefficient (Wildman–Crippen LogP) is 2.44. The van der Waals surface area contributed by atoms with Gasteiger partial charge >= 0.3 is 0 Å². The summed E-state index contributed by atoms with van der Waals surface area (Å²) in [7, 11) is 3.40. The zero-order valence-corrected chi connectivity index (χ0v) is 18.7. The summed E-state index contributed by atoms with van der Waals surface area (Å²) in [4.78, 5) is 4.23. The molecule has 0 radical (unpaired) electrons. The first kappa shape index (κ1) is 23.8. The minimum atomic E-state index is -0.0319. The van der Waals surface area contributed by atoms with Gasteiger partial charge in [-0.05, 0) is 31.9 Å².